The van der Waals surface area contributed by atoms with Crippen LogP contribution in [0.1, 0.15) is 72.8 Å². The highest BCUT2D eigenvalue weighted by atomic mass is 16.7. The van der Waals surface area contributed by atoms with Gasteiger partial charge in [0.25, 0.3) is 0 Å². The first-order valence-corrected chi connectivity index (χ1v) is 19.8. The van der Waals surface area contributed by atoms with Gasteiger partial charge in [-0.1, -0.05) is 135 Å². The average Bonchev–Trinajstić information content (AvgIpc) is 4.08. The van der Waals surface area contributed by atoms with Crippen LogP contribution in [0.5, 0.6) is 0 Å². The Bertz CT molecular complexity index is 2800. The zero-order valence-electron chi connectivity index (χ0n) is 30.9. The third-order valence-electron chi connectivity index (χ3n) is 11.7. The number of nitrogens with one attached hydrogen (secondary N) is 2. The predicted molar refractivity (Wildman–Crippen MR) is 225 cm³/mol. The van der Waals surface area contributed by atoms with Gasteiger partial charge in [-0.15, -0.1) is 0 Å². The second-order valence-corrected chi connectivity index (χ2v) is 15.1. The molecule has 6 nitrogen and oxygen atoms in total. The summed E-state index contributed by atoms with van der Waals surface area (Å²) < 4.78 is 14.3. The molecule has 1 saturated carbocycles. The zero-order chi connectivity index (χ0) is 37.0. The molecule has 4 aromatic carbocycles. The predicted octanol–water partition coefficient (Wildman–Crippen LogP) is 12.6. The molecule has 0 amide bonds. The highest BCUT2D eigenvalue weighted by molar-refractivity contribution is 5.98. The number of fused-ring (bicyclic) bond motifs is 11. The van der Waals surface area contributed by atoms with Crippen LogP contribution in [0.25, 0.3) is 78.7 Å². The van der Waals surface area contributed by atoms with Crippen LogP contribution in [0.15, 0.2) is 140 Å². The van der Waals surface area contributed by atoms with Gasteiger partial charge in [-0.25, -0.2) is 9.97 Å². The van der Waals surface area contributed by atoms with E-state index in [9.17, 15) is 0 Å². The molecule has 2 aliphatic carbocycles. The minimum Gasteiger partial charge on any atom is -0.354 e. The van der Waals surface area contributed by atoms with Crippen LogP contribution < -0.4 is 0 Å². The number of benzene rings is 4. The van der Waals surface area contributed by atoms with Crippen molar-refractivity contribution in [3.05, 3.63) is 168 Å². The van der Waals surface area contributed by atoms with E-state index < -0.39 is 6.29 Å². The molecule has 0 saturated heterocycles. The maximum absolute atomic E-state index is 7.25. The van der Waals surface area contributed by atoms with Crippen molar-refractivity contribution in [2.45, 2.75) is 50.6 Å². The topological polar surface area (TPSA) is 75.8 Å². The van der Waals surface area contributed by atoms with Crippen molar-refractivity contribution in [3.8, 4) is 44.5 Å². The Labute approximate surface area is 325 Å². The minimum absolute atomic E-state index is 0.100. The number of hydrogen-bond acceptors (Lipinski definition) is 4. The van der Waals surface area contributed by atoms with Gasteiger partial charge in [-0.05, 0) is 77.1 Å². The summed E-state index contributed by atoms with van der Waals surface area (Å²) >= 11 is 0. The van der Waals surface area contributed by atoms with Crippen molar-refractivity contribution < 1.29 is 9.47 Å². The van der Waals surface area contributed by atoms with E-state index in [0.29, 0.717) is 0 Å². The minimum atomic E-state index is -0.672. The first-order valence-electron chi connectivity index (χ1n) is 19.8. The largest absolute Gasteiger partial charge is 0.354 e. The number of rotatable bonds is 5. The molecule has 7 aromatic rings. The molecule has 0 radical (unpaired) electrons. The fourth-order valence-electron chi connectivity index (χ4n) is 9.07. The summed E-state index contributed by atoms with van der Waals surface area (Å²) in [4.78, 5) is 18.9. The van der Waals surface area contributed by atoms with Gasteiger partial charge in [0.1, 0.15) is 11.8 Å². The lowest BCUT2D eigenvalue weighted by atomic mass is 9.97. The van der Waals surface area contributed by atoms with Crippen molar-refractivity contribution in [1.29, 1.82) is 0 Å². The number of ether oxygens (including phenoxy) is 2. The SMILES string of the molecule is C1=Cc2nc1c(-c1ccccc1)c1ccc([nH]1)c(-c1ccccc1)c1nc3c(c4ccc([nH]4)c2-c2ccccc2)-c2ccccc2[C@H]3O[C@@H]1OC1CCCCC1. The first kappa shape index (κ1) is 33.0. The van der Waals surface area contributed by atoms with Crippen LogP contribution in [0.4, 0.5) is 0 Å². The first-order chi connectivity index (χ1) is 27.8. The molecule has 4 aliphatic rings. The van der Waals surface area contributed by atoms with E-state index >= 15 is 0 Å². The van der Waals surface area contributed by atoms with Gasteiger partial charge in [0.05, 0.1) is 23.2 Å². The van der Waals surface area contributed by atoms with E-state index in [2.05, 4.69) is 162 Å². The van der Waals surface area contributed by atoms with Gasteiger partial charge in [-0.3, -0.25) is 0 Å². The summed E-state index contributed by atoms with van der Waals surface area (Å²) in [6.45, 7) is 0. The molecule has 2 N–H and O–H groups in total. The lowest BCUT2D eigenvalue weighted by molar-refractivity contribution is -0.205. The van der Waals surface area contributed by atoms with Gasteiger partial charge >= 0.3 is 0 Å². The molecular formula is C50H40N4O2. The van der Waals surface area contributed by atoms with Crippen LogP contribution in [-0.4, -0.2) is 26.0 Å². The second kappa shape index (κ2) is 13.7. The Kier molecular flexibility index (Phi) is 8.11. The van der Waals surface area contributed by atoms with E-state index in [1.807, 2.05) is 0 Å². The Morgan fingerprint density at radius 3 is 1.57 bits per heavy atom. The molecule has 1 fully saturated rings. The Hall–Kier alpha value is -6.34. The summed E-state index contributed by atoms with van der Waals surface area (Å²) in [5, 5.41) is 0. The van der Waals surface area contributed by atoms with Gasteiger partial charge in [-0.2, -0.15) is 0 Å². The van der Waals surface area contributed by atoms with Gasteiger partial charge in [0.15, 0.2) is 0 Å². The number of nitrogens with zero attached hydrogens (tertiary/aromatic N) is 2. The number of H-pyrrole nitrogens is 2. The molecule has 272 valence electrons. The fourth-order valence-corrected chi connectivity index (χ4v) is 9.07. The van der Waals surface area contributed by atoms with Gasteiger partial charge in [0, 0.05) is 44.3 Å². The standard InChI is InChI=1S/C50H40N4O2/c1-5-15-31(16-6-1)43-37-25-26-38(51-37)44(32-17-7-2-8-18-32)40-28-30-42(53-40)46-35-23-13-14-24-36(35)49-47(46)54-48(50(56-49)55-34-21-11-4-12-22-34)45(33-19-9-3-10-20-33)41-29-27-39(43)52-41/h1-3,5-10,13-20,23-30,34,49-50,52-53H,4,11-12,21-22H2/t49-,50+/m1/s1. The maximum atomic E-state index is 7.25. The lowest BCUT2D eigenvalue weighted by Crippen LogP contribution is -2.26. The summed E-state index contributed by atoms with van der Waals surface area (Å²) in [5.74, 6) is 0. The van der Waals surface area contributed by atoms with E-state index in [4.69, 9.17) is 19.4 Å². The van der Waals surface area contributed by atoms with Crippen LogP contribution in [0.2, 0.25) is 0 Å². The van der Waals surface area contributed by atoms with E-state index in [1.54, 1.807) is 0 Å². The highest BCUT2D eigenvalue weighted by Gasteiger charge is 2.40. The molecule has 8 bridgehead atoms. The molecule has 5 heterocycles. The third kappa shape index (κ3) is 5.64. The summed E-state index contributed by atoms with van der Waals surface area (Å²) in [7, 11) is 0. The lowest BCUT2D eigenvalue weighted by Gasteiger charge is -2.32. The number of hydrogen-bond donors (Lipinski definition) is 2. The summed E-state index contributed by atoms with van der Waals surface area (Å²) in [6.07, 6.45) is 8.94. The van der Waals surface area contributed by atoms with Crippen molar-refractivity contribution >= 4 is 34.2 Å². The van der Waals surface area contributed by atoms with Crippen LogP contribution in [0, 0.1) is 0 Å². The molecule has 11 rings (SSSR count). The molecule has 3 aromatic heterocycles. The smallest absolute Gasteiger partial charge is 0.203 e. The van der Waals surface area contributed by atoms with Crippen molar-refractivity contribution in [1.82, 2.24) is 19.9 Å². The normalized spacial score (nSPS) is 17.5. The molecule has 6 heteroatoms. The Balaban J connectivity index is 1.31. The van der Waals surface area contributed by atoms with E-state index in [1.165, 1.54) is 6.42 Å². The second-order valence-electron chi connectivity index (χ2n) is 15.1. The van der Waals surface area contributed by atoms with Crippen LogP contribution in [0.3, 0.4) is 0 Å². The molecule has 0 unspecified atom stereocenters. The third-order valence-corrected chi connectivity index (χ3v) is 11.7. The molecule has 0 spiro atoms. The highest BCUT2D eigenvalue weighted by Crippen LogP contribution is 2.51. The quantitative estimate of drug-likeness (QED) is 0.185. The van der Waals surface area contributed by atoms with E-state index in [-0.39, 0.29) is 12.2 Å². The number of aromatic amines is 2. The molecular weight excluding hydrogens is 689 g/mol. The zero-order valence-corrected chi connectivity index (χ0v) is 30.9. The molecule has 56 heavy (non-hydrogen) atoms. The summed E-state index contributed by atoms with van der Waals surface area (Å²) in [6, 6.07) is 48.9. The van der Waals surface area contributed by atoms with Crippen molar-refractivity contribution in [2.24, 2.45) is 0 Å². The molecule has 2 aliphatic heterocycles. The van der Waals surface area contributed by atoms with Gasteiger partial charge < -0.3 is 19.4 Å². The number of aromatic nitrogens is 4. The van der Waals surface area contributed by atoms with Crippen molar-refractivity contribution in [2.75, 3.05) is 0 Å². The summed E-state index contributed by atoms with van der Waals surface area (Å²) in [5.41, 5.74) is 16.8. The Morgan fingerprint density at radius 1 is 0.482 bits per heavy atom. The van der Waals surface area contributed by atoms with Crippen molar-refractivity contribution in [3.63, 3.8) is 0 Å². The Morgan fingerprint density at radius 2 is 0.982 bits per heavy atom. The van der Waals surface area contributed by atoms with Crippen LogP contribution in [-0.2, 0) is 9.47 Å². The van der Waals surface area contributed by atoms with Gasteiger partial charge in [0.2, 0.25) is 6.29 Å². The fraction of sp³-hybridized carbons (Fsp3) is 0.160. The molecule has 2 atom stereocenters. The average molecular weight is 729 g/mol. The monoisotopic (exact) mass is 728 g/mol. The van der Waals surface area contributed by atoms with Crippen LogP contribution >= 0.6 is 0 Å². The van der Waals surface area contributed by atoms with E-state index in [0.717, 1.165) is 121 Å². The maximum Gasteiger partial charge on any atom is 0.203 e.